The zero-order valence-electron chi connectivity index (χ0n) is 14.9. The second-order valence-electron chi connectivity index (χ2n) is 6.94. The summed E-state index contributed by atoms with van der Waals surface area (Å²) in [7, 11) is 0. The van der Waals surface area contributed by atoms with Crippen LogP contribution in [-0.2, 0) is 16.0 Å². The van der Waals surface area contributed by atoms with E-state index in [0.29, 0.717) is 17.1 Å². The summed E-state index contributed by atoms with van der Waals surface area (Å²) < 4.78 is 1.89. The average Bonchev–Trinajstić information content (AvgIpc) is 3.12. The minimum absolute atomic E-state index is 0.0681. The van der Waals surface area contributed by atoms with Crippen LogP contribution in [-0.4, -0.2) is 59.3 Å². The Balaban J connectivity index is 1.50. The molecule has 2 aromatic heterocycles. The standard InChI is InChI=1S/C18H20N4O4S/c1-9-14-13(10(2)23)17(24)22(14)15(18(25)26)16(9)27-6-3-11-8-21-5-4-19-7-12(21)20-11/h4-5,7-10,13-14,23H,3,6H2,1-2H3,(H,25,26)/t9-,10?,13?,14?/m1/s1. The highest BCUT2D eigenvalue weighted by molar-refractivity contribution is 8.03. The number of aryl methyl sites for hydroxylation is 1. The molecule has 4 atom stereocenters. The molecule has 27 heavy (non-hydrogen) atoms. The van der Waals surface area contributed by atoms with E-state index in [-0.39, 0.29) is 23.6 Å². The first-order chi connectivity index (χ1) is 12.9. The van der Waals surface area contributed by atoms with Crippen LogP contribution in [0.2, 0.25) is 0 Å². The number of thioether (sulfide) groups is 1. The van der Waals surface area contributed by atoms with Crippen LogP contribution in [0, 0.1) is 11.8 Å². The summed E-state index contributed by atoms with van der Waals surface area (Å²) in [4.78, 5) is 34.7. The average molecular weight is 388 g/mol. The van der Waals surface area contributed by atoms with Crippen molar-refractivity contribution in [3.05, 3.63) is 41.1 Å². The molecular formula is C18H20N4O4S. The molecule has 2 N–H and O–H groups in total. The fraction of sp³-hybridized carbons (Fsp3) is 0.444. The molecule has 1 amide bonds. The fourth-order valence-corrected chi connectivity index (χ4v) is 5.25. The molecule has 142 valence electrons. The Hall–Kier alpha value is -2.39. The number of nitrogens with zero attached hydrogens (tertiary/aromatic N) is 4. The molecule has 4 heterocycles. The number of hydrogen-bond donors (Lipinski definition) is 2. The third-order valence-corrected chi connectivity index (χ3v) is 6.53. The topological polar surface area (TPSA) is 108 Å². The molecule has 2 aliphatic rings. The highest BCUT2D eigenvalue weighted by atomic mass is 32.2. The van der Waals surface area contributed by atoms with Crippen molar-refractivity contribution in [2.45, 2.75) is 32.4 Å². The molecular weight excluding hydrogens is 368 g/mol. The van der Waals surface area contributed by atoms with Gasteiger partial charge in [0.1, 0.15) is 5.70 Å². The lowest BCUT2D eigenvalue weighted by molar-refractivity contribution is -0.163. The van der Waals surface area contributed by atoms with Gasteiger partial charge in [0, 0.05) is 41.6 Å². The van der Waals surface area contributed by atoms with Crippen molar-refractivity contribution in [2.75, 3.05) is 5.75 Å². The van der Waals surface area contributed by atoms with E-state index in [4.69, 9.17) is 0 Å². The number of aliphatic hydroxyl groups is 1. The number of aliphatic carboxylic acids is 1. The highest BCUT2D eigenvalue weighted by Crippen LogP contribution is 2.50. The van der Waals surface area contributed by atoms with Crippen LogP contribution in [0.5, 0.6) is 0 Å². The lowest BCUT2D eigenvalue weighted by Crippen LogP contribution is -2.63. The van der Waals surface area contributed by atoms with Gasteiger partial charge in [0.25, 0.3) is 0 Å². The van der Waals surface area contributed by atoms with Crippen molar-refractivity contribution < 1.29 is 19.8 Å². The van der Waals surface area contributed by atoms with Gasteiger partial charge < -0.3 is 19.5 Å². The van der Waals surface area contributed by atoms with Gasteiger partial charge in [0.05, 0.1) is 30.0 Å². The van der Waals surface area contributed by atoms with E-state index in [2.05, 4.69) is 9.97 Å². The Morgan fingerprint density at radius 3 is 2.89 bits per heavy atom. The number of fused-ring (bicyclic) bond motifs is 2. The maximum absolute atomic E-state index is 12.3. The van der Waals surface area contributed by atoms with Crippen LogP contribution in [0.1, 0.15) is 19.5 Å². The summed E-state index contributed by atoms with van der Waals surface area (Å²) in [6.45, 7) is 3.50. The predicted molar refractivity (Wildman–Crippen MR) is 98.8 cm³/mol. The smallest absolute Gasteiger partial charge is 0.353 e. The number of aliphatic hydroxyl groups excluding tert-OH is 1. The van der Waals surface area contributed by atoms with E-state index in [0.717, 1.165) is 11.3 Å². The molecule has 8 nitrogen and oxygen atoms in total. The van der Waals surface area contributed by atoms with Gasteiger partial charge in [-0.25, -0.2) is 9.78 Å². The Bertz CT molecular complexity index is 921. The van der Waals surface area contributed by atoms with E-state index in [9.17, 15) is 19.8 Å². The number of hydrogen-bond acceptors (Lipinski definition) is 6. The minimum atomic E-state index is -1.09. The van der Waals surface area contributed by atoms with Gasteiger partial charge in [0.15, 0.2) is 5.65 Å². The molecule has 9 heteroatoms. The zero-order valence-corrected chi connectivity index (χ0v) is 15.8. The summed E-state index contributed by atoms with van der Waals surface area (Å²) in [6, 6.07) is -0.271. The number of rotatable bonds is 6. The largest absolute Gasteiger partial charge is 0.477 e. The highest BCUT2D eigenvalue weighted by Gasteiger charge is 2.59. The van der Waals surface area contributed by atoms with Crippen molar-refractivity contribution in [1.29, 1.82) is 0 Å². The van der Waals surface area contributed by atoms with Crippen molar-refractivity contribution >= 4 is 29.3 Å². The summed E-state index contributed by atoms with van der Waals surface area (Å²) in [5.41, 5.74) is 1.74. The molecule has 2 aliphatic heterocycles. The molecule has 0 bridgehead atoms. The lowest BCUT2D eigenvalue weighted by Gasteiger charge is -2.46. The van der Waals surface area contributed by atoms with Crippen LogP contribution < -0.4 is 0 Å². The predicted octanol–water partition coefficient (Wildman–Crippen LogP) is 1.16. The van der Waals surface area contributed by atoms with Gasteiger partial charge >= 0.3 is 5.97 Å². The normalized spacial score (nSPS) is 25.7. The Morgan fingerprint density at radius 2 is 2.22 bits per heavy atom. The third kappa shape index (κ3) is 2.81. The fourth-order valence-electron chi connectivity index (χ4n) is 4.00. The molecule has 0 aromatic carbocycles. The number of carbonyl (C=O) groups is 2. The molecule has 0 aliphatic carbocycles. The zero-order chi connectivity index (χ0) is 19.3. The number of carbonyl (C=O) groups excluding carboxylic acids is 1. The van der Waals surface area contributed by atoms with Crippen LogP contribution in [0.15, 0.2) is 35.4 Å². The number of amides is 1. The molecule has 2 aromatic rings. The van der Waals surface area contributed by atoms with Gasteiger partial charge in [-0.3, -0.25) is 9.78 Å². The number of carboxylic acid groups (broad SMARTS) is 1. The number of β-lactam (4-membered cyclic amide) rings is 1. The molecule has 0 spiro atoms. The van der Waals surface area contributed by atoms with Gasteiger partial charge in [-0.15, -0.1) is 11.8 Å². The van der Waals surface area contributed by atoms with Crippen molar-refractivity contribution in [2.24, 2.45) is 11.8 Å². The number of aromatic nitrogens is 3. The molecule has 1 fully saturated rings. The lowest BCUT2D eigenvalue weighted by atomic mass is 9.79. The first-order valence-electron chi connectivity index (χ1n) is 8.79. The molecule has 0 saturated carbocycles. The maximum atomic E-state index is 12.3. The summed E-state index contributed by atoms with van der Waals surface area (Å²) >= 11 is 1.45. The van der Waals surface area contributed by atoms with E-state index in [1.165, 1.54) is 16.7 Å². The first kappa shape index (κ1) is 18.0. The van der Waals surface area contributed by atoms with E-state index < -0.39 is 18.0 Å². The van der Waals surface area contributed by atoms with Gasteiger partial charge in [-0.2, -0.15) is 0 Å². The van der Waals surface area contributed by atoms with Crippen molar-refractivity contribution in [3.63, 3.8) is 0 Å². The third-order valence-electron chi connectivity index (χ3n) is 5.24. The summed E-state index contributed by atoms with van der Waals surface area (Å²) in [5, 5.41) is 19.5. The summed E-state index contributed by atoms with van der Waals surface area (Å²) in [5.74, 6) is -1.38. The van der Waals surface area contributed by atoms with E-state index >= 15 is 0 Å². The molecule has 4 rings (SSSR count). The second-order valence-corrected chi connectivity index (χ2v) is 8.08. The van der Waals surface area contributed by atoms with E-state index in [1.54, 1.807) is 19.3 Å². The molecule has 3 unspecified atom stereocenters. The number of imidazole rings is 1. The van der Waals surface area contributed by atoms with Crippen LogP contribution >= 0.6 is 11.8 Å². The van der Waals surface area contributed by atoms with Crippen LogP contribution in [0.3, 0.4) is 0 Å². The first-order valence-corrected chi connectivity index (χ1v) is 9.77. The van der Waals surface area contributed by atoms with E-state index in [1.807, 2.05) is 23.7 Å². The maximum Gasteiger partial charge on any atom is 0.353 e. The monoisotopic (exact) mass is 388 g/mol. The SMILES string of the molecule is CC(O)C1C(=O)N2C(C(=O)O)=C(SCCc3cn4ccncc4n3)[C@H](C)C12. The van der Waals surface area contributed by atoms with Gasteiger partial charge in [-0.1, -0.05) is 6.92 Å². The van der Waals surface area contributed by atoms with Gasteiger partial charge in [0.2, 0.25) is 5.91 Å². The van der Waals surface area contributed by atoms with Crippen molar-refractivity contribution in [3.8, 4) is 0 Å². The van der Waals surface area contributed by atoms with Gasteiger partial charge in [-0.05, 0) is 6.92 Å². The quantitative estimate of drug-likeness (QED) is 0.715. The van der Waals surface area contributed by atoms with Crippen LogP contribution in [0.25, 0.3) is 5.65 Å². The number of carboxylic acids is 1. The Labute approximate surface area is 159 Å². The summed E-state index contributed by atoms with van der Waals surface area (Å²) in [6.07, 6.45) is 7.03. The molecule has 0 radical (unpaired) electrons. The second kappa shape index (κ2) is 6.65. The molecule has 1 saturated heterocycles. The Kier molecular flexibility index (Phi) is 4.43. The Morgan fingerprint density at radius 1 is 1.44 bits per heavy atom. The minimum Gasteiger partial charge on any atom is -0.477 e. The van der Waals surface area contributed by atoms with Crippen LogP contribution in [0.4, 0.5) is 0 Å². The van der Waals surface area contributed by atoms with Crippen molar-refractivity contribution in [1.82, 2.24) is 19.3 Å².